The second-order valence-electron chi connectivity index (χ2n) is 23.2. The number of hydrogen-bond acceptors (Lipinski definition) is 17. The van der Waals surface area contributed by atoms with Crippen LogP contribution in [0, 0.1) is 20.2 Å². The molecule has 69 heavy (non-hydrogen) atoms. The summed E-state index contributed by atoms with van der Waals surface area (Å²) in [5.74, 6) is -1.46. The zero-order valence-electron chi connectivity index (χ0n) is 43.6. The largest absolute Gasteiger partial charge is 0.459 e. The van der Waals surface area contributed by atoms with Crippen molar-refractivity contribution in [1.82, 2.24) is 0 Å². The summed E-state index contributed by atoms with van der Waals surface area (Å²) >= 11 is 0. The summed E-state index contributed by atoms with van der Waals surface area (Å²) < 4.78 is 74.9. The van der Waals surface area contributed by atoms with Crippen LogP contribution in [0.4, 0.5) is 11.4 Å². The maximum atomic E-state index is 13.6. The highest BCUT2D eigenvalue weighted by Gasteiger charge is 2.57. The molecule has 0 amide bonds. The van der Waals surface area contributed by atoms with Crippen LogP contribution in [-0.4, -0.2) is 146 Å². The fraction of sp³-hybridized carbons (Fsp3) is 0.682. The first kappa shape index (κ1) is 58.7. The lowest BCUT2D eigenvalue weighted by Gasteiger charge is -2.53. The number of ether oxygens (including phenoxy) is 5. The fourth-order valence-corrected chi connectivity index (χ4v) is 14.0. The van der Waals surface area contributed by atoms with Gasteiger partial charge in [-0.15, -0.1) is 0 Å². The van der Waals surface area contributed by atoms with Crippen LogP contribution in [-0.2, 0) is 50.2 Å². The molecule has 0 saturated carbocycles. The van der Waals surface area contributed by atoms with Crippen LogP contribution in [0.3, 0.4) is 0 Å². The number of non-ortho nitro benzene ring substituents is 2. The minimum absolute atomic E-state index is 0.104. The van der Waals surface area contributed by atoms with Gasteiger partial charge in [0.1, 0.15) is 62.0 Å². The molecule has 0 aliphatic carbocycles. The van der Waals surface area contributed by atoms with Crippen LogP contribution in [0.5, 0.6) is 0 Å². The van der Waals surface area contributed by atoms with Gasteiger partial charge in [-0.25, -0.2) is 9.59 Å². The maximum Gasteiger partial charge on any atom is 0.338 e. The predicted octanol–water partition coefficient (Wildman–Crippen LogP) is 9.30. The SMILES string of the molecule is C[Si](C)(C)OC1C(COC(=O)c2ccc([N+](=O)[O-])cc2)OC(OC2OC(COC(=O)c3ccc([N+](=O)[O-])cc3)C(O[Si](C)(C)C)C(O[Si](C)(C)C)C2O[Si](C)(C)C)C(O[Si](C)(C)C)C1O[Si](C)(C)C. The zero-order chi connectivity index (χ0) is 52.2. The molecule has 0 bridgehead atoms. The molecule has 4 rings (SSSR count). The van der Waals surface area contributed by atoms with E-state index in [1.54, 1.807) is 0 Å². The molecule has 0 N–H and O–H groups in total. The lowest BCUT2D eigenvalue weighted by molar-refractivity contribution is -0.385. The molecule has 2 fully saturated rings. The molecule has 2 aromatic rings. The maximum absolute atomic E-state index is 13.6. The van der Waals surface area contributed by atoms with Crippen molar-refractivity contribution < 1.29 is 69.7 Å². The number of carbonyl (C=O) groups is 2. The van der Waals surface area contributed by atoms with Gasteiger partial charge in [0.2, 0.25) is 0 Å². The molecule has 2 aliphatic rings. The summed E-state index contributed by atoms with van der Waals surface area (Å²) in [6.07, 6.45) is -9.51. The number of benzene rings is 2. The molecule has 2 heterocycles. The summed E-state index contributed by atoms with van der Waals surface area (Å²) in [5, 5.41) is 22.7. The molecule has 2 aromatic carbocycles. The van der Waals surface area contributed by atoms with Gasteiger partial charge in [0.05, 0.1) is 21.0 Å². The van der Waals surface area contributed by atoms with Crippen LogP contribution in [0.1, 0.15) is 20.7 Å². The standard InChI is InChI=1S/C44H76N2O17Si6/c1-64(2,3)58-35-33(27-53-41(47)29-19-23-31(24-20-29)45(49)50)55-43(39(62-68(13,14)15)37(35)60-66(7,8)9)57-44-40(63-69(16,17)18)38(61-67(10,11)12)36(59-65(4,5)6)34(56-44)28-54-42(48)30-21-25-32(26-22-30)46(51)52/h19-26,33-40,43-44H,27-28H2,1-18H3. The van der Waals surface area contributed by atoms with E-state index in [0.717, 1.165) is 0 Å². The quantitative estimate of drug-likeness (QED) is 0.0464. The van der Waals surface area contributed by atoms with Crippen LogP contribution in [0.2, 0.25) is 118 Å². The Labute approximate surface area is 413 Å². The third kappa shape index (κ3) is 18.9. The average molecular weight is 1070 g/mol. The lowest BCUT2D eigenvalue weighted by atomic mass is 9.98. The van der Waals surface area contributed by atoms with E-state index < -0.39 is 133 Å². The van der Waals surface area contributed by atoms with E-state index in [0.29, 0.717) is 0 Å². The van der Waals surface area contributed by atoms with Crippen molar-refractivity contribution in [3.8, 4) is 0 Å². The van der Waals surface area contributed by atoms with E-state index in [1.807, 2.05) is 78.6 Å². The zero-order valence-corrected chi connectivity index (χ0v) is 49.6. The van der Waals surface area contributed by atoms with Crippen molar-refractivity contribution in [1.29, 1.82) is 0 Å². The Morgan fingerprint density at radius 1 is 0.435 bits per heavy atom. The predicted molar refractivity (Wildman–Crippen MR) is 274 cm³/mol. The number of esters is 2. The third-order valence-corrected chi connectivity index (χ3v) is 15.6. The Morgan fingerprint density at radius 3 is 0.928 bits per heavy atom. The minimum atomic E-state index is -2.49. The van der Waals surface area contributed by atoms with Crippen LogP contribution in [0.25, 0.3) is 0 Å². The third-order valence-electron chi connectivity index (χ3n) is 9.77. The van der Waals surface area contributed by atoms with Gasteiger partial charge in [0, 0.05) is 24.3 Å². The first-order valence-corrected chi connectivity index (χ1v) is 43.7. The van der Waals surface area contributed by atoms with Crippen molar-refractivity contribution in [3.05, 3.63) is 79.9 Å². The Morgan fingerprint density at radius 2 is 0.681 bits per heavy atom. The van der Waals surface area contributed by atoms with Gasteiger partial charge in [-0.3, -0.25) is 20.2 Å². The topological polar surface area (TPSA) is 222 Å². The molecule has 10 atom stereocenters. The molecule has 0 spiro atoms. The highest BCUT2D eigenvalue weighted by atomic mass is 28.4. The minimum Gasteiger partial charge on any atom is -0.459 e. The van der Waals surface area contributed by atoms with E-state index in [1.165, 1.54) is 48.5 Å². The molecule has 0 radical (unpaired) electrons. The van der Waals surface area contributed by atoms with Gasteiger partial charge in [-0.05, 0) is 142 Å². The van der Waals surface area contributed by atoms with Crippen molar-refractivity contribution in [2.75, 3.05) is 13.2 Å². The monoisotopic (exact) mass is 1070 g/mol. The van der Waals surface area contributed by atoms with Crippen molar-refractivity contribution in [3.63, 3.8) is 0 Å². The average Bonchev–Trinajstić information content (AvgIpc) is 3.18. The van der Waals surface area contributed by atoms with E-state index in [-0.39, 0.29) is 35.7 Å². The molecule has 2 aliphatic heterocycles. The lowest BCUT2D eigenvalue weighted by Crippen LogP contribution is -2.69. The molecule has 25 heteroatoms. The summed E-state index contributed by atoms with van der Waals surface area (Å²) in [5.41, 5.74) is -0.139. The van der Waals surface area contributed by atoms with Gasteiger partial charge in [0.15, 0.2) is 62.5 Å². The number of nitrogens with zero attached hydrogens (tertiary/aromatic N) is 2. The Kier molecular flexibility index (Phi) is 19.5. The van der Waals surface area contributed by atoms with E-state index in [9.17, 15) is 29.8 Å². The van der Waals surface area contributed by atoms with Crippen LogP contribution < -0.4 is 0 Å². The van der Waals surface area contributed by atoms with Gasteiger partial charge in [-0.2, -0.15) is 0 Å². The molecule has 10 unspecified atom stereocenters. The van der Waals surface area contributed by atoms with Gasteiger partial charge < -0.3 is 50.2 Å². The summed E-state index contributed by atoms with van der Waals surface area (Å²) in [4.78, 5) is 48.8. The fourth-order valence-electron chi connectivity index (χ4n) is 7.55. The first-order chi connectivity index (χ1) is 31.4. The van der Waals surface area contributed by atoms with Crippen molar-refractivity contribution in [2.24, 2.45) is 0 Å². The van der Waals surface area contributed by atoms with Crippen molar-refractivity contribution >= 4 is 73.2 Å². The Balaban J connectivity index is 1.88. The van der Waals surface area contributed by atoms with Crippen molar-refractivity contribution in [2.45, 2.75) is 179 Å². The van der Waals surface area contributed by atoms with Gasteiger partial charge in [-0.1, -0.05) is 0 Å². The molecular formula is C44H76N2O17Si6. The van der Waals surface area contributed by atoms with Gasteiger partial charge >= 0.3 is 11.9 Å². The number of nitro benzene ring substituents is 2. The van der Waals surface area contributed by atoms with E-state index >= 15 is 0 Å². The second kappa shape index (κ2) is 22.9. The highest BCUT2D eigenvalue weighted by molar-refractivity contribution is 6.71. The highest BCUT2D eigenvalue weighted by Crippen LogP contribution is 2.39. The summed E-state index contributed by atoms with van der Waals surface area (Å²) in [6, 6.07) is 10.2. The molecular weight excluding hydrogens is 997 g/mol. The number of carbonyl (C=O) groups excluding carboxylic acids is 2. The molecule has 388 valence electrons. The van der Waals surface area contributed by atoms with Crippen LogP contribution >= 0.6 is 0 Å². The number of hydrogen-bond donors (Lipinski definition) is 0. The Hall–Kier alpha value is -2.88. The molecule has 0 aromatic heterocycles. The molecule has 2 saturated heterocycles. The normalized spacial score (nSPS) is 26.3. The Bertz CT molecular complexity index is 1920. The summed E-state index contributed by atoms with van der Waals surface area (Å²) in [6.45, 7) is 36.2. The molecule has 19 nitrogen and oxygen atoms in total. The van der Waals surface area contributed by atoms with Gasteiger partial charge in [0.25, 0.3) is 11.4 Å². The van der Waals surface area contributed by atoms with E-state index in [4.69, 9.17) is 50.2 Å². The first-order valence-electron chi connectivity index (χ1n) is 23.3. The number of nitro groups is 2. The van der Waals surface area contributed by atoms with Crippen LogP contribution in [0.15, 0.2) is 48.5 Å². The van der Waals surface area contributed by atoms with E-state index in [2.05, 4.69) is 39.3 Å². The summed E-state index contributed by atoms with van der Waals surface area (Å²) in [7, 11) is -14.7. The number of rotatable bonds is 22. The smallest absolute Gasteiger partial charge is 0.338 e. The second-order valence-corrected chi connectivity index (χ2v) is 50.0.